The molecule has 4 nitrogen and oxygen atoms in total. The number of fused-ring (bicyclic) bond motifs is 1. The monoisotopic (exact) mass is 355 g/mol. The number of unbranched alkanes of at least 4 members (excludes halogenated alkanes) is 1. The number of rotatable bonds is 7. The number of hydrogen-bond donors (Lipinski definition) is 1. The van der Waals surface area contributed by atoms with E-state index in [9.17, 15) is 9.90 Å². The molecule has 26 heavy (non-hydrogen) atoms. The molecule has 0 aromatic heterocycles. The van der Waals surface area contributed by atoms with Gasteiger partial charge in [-0.05, 0) is 56.7 Å². The maximum atomic E-state index is 11.8. The molecule has 0 bridgehead atoms. The first kappa shape index (κ1) is 19.3. The maximum absolute atomic E-state index is 11.8. The Morgan fingerprint density at radius 3 is 2.85 bits per heavy atom. The lowest BCUT2D eigenvalue weighted by atomic mass is 9.56. The minimum absolute atomic E-state index is 0.0590. The smallest absolute Gasteiger partial charge is 0.300 e. The summed E-state index contributed by atoms with van der Waals surface area (Å²) in [4.78, 5) is 14.2. The fourth-order valence-corrected chi connectivity index (χ4v) is 4.38. The molecule has 2 aliphatic rings. The summed E-state index contributed by atoms with van der Waals surface area (Å²) in [5.74, 6) is 0.293. The fraction of sp³-hybridized carbons (Fsp3) is 0.667. The van der Waals surface area contributed by atoms with Crippen LogP contribution in [0, 0.1) is 5.92 Å². The number of aliphatic carboxylic acids is 1. The number of nitrogens with zero attached hydrogens (tertiary/aromatic N) is 1. The molecule has 2 radical (unpaired) electrons. The van der Waals surface area contributed by atoms with Crippen LogP contribution in [0.1, 0.15) is 56.6 Å². The molecule has 3 rings (SSSR count). The second-order valence-electron chi connectivity index (χ2n) is 7.86. The van der Waals surface area contributed by atoms with Gasteiger partial charge in [-0.15, -0.1) is 0 Å². The van der Waals surface area contributed by atoms with Gasteiger partial charge in [-0.25, -0.2) is 0 Å². The van der Waals surface area contributed by atoms with Crippen molar-refractivity contribution in [2.24, 2.45) is 5.92 Å². The van der Waals surface area contributed by atoms with E-state index in [1.54, 1.807) is 0 Å². The lowest BCUT2D eigenvalue weighted by molar-refractivity contribution is -0.143. The fourth-order valence-electron chi connectivity index (χ4n) is 4.38. The zero-order valence-corrected chi connectivity index (χ0v) is 15.9. The van der Waals surface area contributed by atoms with Gasteiger partial charge < -0.3 is 9.84 Å². The Labute approximate surface area is 158 Å². The van der Waals surface area contributed by atoms with Gasteiger partial charge in [0, 0.05) is 17.4 Å². The summed E-state index contributed by atoms with van der Waals surface area (Å²) in [6.45, 7) is 5.54. The molecular formula is C21H30BNO3. The number of piperidine rings is 1. The zero-order chi connectivity index (χ0) is 18.6. The first-order valence-corrected chi connectivity index (χ1v) is 10.0. The summed E-state index contributed by atoms with van der Waals surface area (Å²) in [6, 6.07) is 6.44. The van der Waals surface area contributed by atoms with Gasteiger partial charge in [0.05, 0.1) is 14.5 Å². The lowest BCUT2D eigenvalue weighted by Gasteiger charge is -2.41. The number of carboxylic acid groups (broad SMARTS) is 1. The Hall–Kier alpha value is -1.49. The molecule has 1 fully saturated rings. The molecule has 1 unspecified atom stereocenters. The van der Waals surface area contributed by atoms with Crippen LogP contribution in [-0.4, -0.2) is 43.5 Å². The van der Waals surface area contributed by atoms with Crippen molar-refractivity contribution in [1.29, 1.82) is 0 Å². The highest BCUT2D eigenvalue weighted by molar-refractivity contribution is 6.27. The number of para-hydroxylation sites is 1. The van der Waals surface area contributed by atoms with E-state index in [1.165, 1.54) is 11.1 Å². The highest BCUT2D eigenvalue weighted by Gasteiger charge is 2.41. The molecule has 1 aromatic carbocycles. The number of likely N-dealkylation sites (tertiary alicyclic amines) is 1. The van der Waals surface area contributed by atoms with E-state index < -0.39 is 11.3 Å². The molecular weight excluding hydrogens is 325 g/mol. The molecule has 2 aliphatic heterocycles. The predicted octanol–water partition coefficient (Wildman–Crippen LogP) is 3.83. The van der Waals surface area contributed by atoms with Crippen molar-refractivity contribution in [2.75, 3.05) is 19.7 Å². The van der Waals surface area contributed by atoms with Gasteiger partial charge in [-0.3, -0.25) is 9.69 Å². The standard InChI is InChI=1S/C21H30BNO3/c1-2-3-11-21(22,20(24)25)18-9-12-23(13-10-18)15-17-7-4-6-16-8-5-14-26-19(16)17/h4,6-7,18H,2-3,5,8-15H2,1H3,(H,24,25). The summed E-state index contributed by atoms with van der Waals surface area (Å²) < 4.78 is 5.92. The van der Waals surface area contributed by atoms with E-state index in [4.69, 9.17) is 12.6 Å². The topological polar surface area (TPSA) is 49.8 Å². The summed E-state index contributed by atoms with van der Waals surface area (Å²) in [5, 5.41) is 8.62. The molecule has 1 atom stereocenters. The number of aryl methyl sites for hydroxylation is 1. The zero-order valence-electron chi connectivity index (χ0n) is 15.9. The molecule has 0 saturated carbocycles. The van der Waals surface area contributed by atoms with Crippen molar-refractivity contribution in [3.63, 3.8) is 0 Å². The molecule has 0 amide bonds. The second kappa shape index (κ2) is 8.47. The summed E-state index contributed by atoms with van der Waals surface area (Å²) in [5.41, 5.74) is 2.57. The average molecular weight is 355 g/mol. The van der Waals surface area contributed by atoms with Crippen LogP contribution in [0.5, 0.6) is 5.75 Å². The molecule has 0 spiro atoms. The second-order valence-corrected chi connectivity index (χ2v) is 7.86. The van der Waals surface area contributed by atoms with Crippen LogP contribution in [0.25, 0.3) is 0 Å². The van der Waals surface area contributed by atoms with Gasteiger partial charge in [0.15, 0.2) is 0 Å². The van der Waals surface area contributed by atoms with Gasteiger partial charge in [0.2, 0.25) is 0 Å². The van der Waals surface area contributed by atoms with Crippen LogP contribution in [0.2, 0.25) is 5.31 Å². The molecule has 1 N–H and O–H groups in total. The van der Waals surface area contributed by atoms with E-state index in [2.05, 4.69) is 30.0 Å². The van der Waals surface area contributed by atoms with Gasteiger partial charge in [-0.1, -0.05) is 38.0 Å². The third-order valence-electron chi connectivity index (χ3n) is 6.07. The van der Waals surface area contributed by atoms with Crippen LogP contribution >= 0.6 is 0 Å². The third kappa shape index (κ3) is 4.08. The van der Waals surface area contributed by atoms with Gasteiger partial charge in [-0.2, -0.15) is 0 Å². The van der Waals surface area contributed by atoms with Crippen molar-refractivity contribution >= 4 is 13.8 Å². The predicted molar refractivity (Wildman–Crippen MR) is 104 cm³/mol. The highest BCUT2D eigenvalue weighted by atomic mass is 16.5. The minimum atomic E-state index is -1.07. The van der Waals surface area contributed by atoms with Gasteiger partial charge >= 0.3 is 5.97 Å². The Balaban J connectivity index is 1.61. The number of ether oxygens (including phenoxy) is 1. The highest BCUT2D eigenvalue weighted by Crippen LogP contribution is 2.44. The van der Waals surface area contributed by atoms with Crippen molar-refractivity contribution in [3.8, 4) is 5.75 Å². The molecule has 2 heterocycles. The van der Waals surface area contributed by atoms with Crippen LogP contribution in [-0.2, 0) is 17.8 Å². The third-order valence-corrected chi connectivity index (χ3v) is 6.07. The van der Waals surface area contributed by atoms with Crippen molar-refractivity contribution in [2.45, 2.75) is 63.7 Å². The van der Waals surface area contributed by atoms with E-state index in [-0.39, 0.29) is 5.92 Å². The van der Waals surface area contributed by atoms with Crippen LogP contribution in [0.15, 0.2) is 18.2 Å². The van der Waals surface area contributed by atoms with Crippen molar-refractivity contribution in [3.05, 3.63) is 29.3 Å². The Morgan fingerprint density at radius 2 is 2.15 bits per heavy atom. The van der Waals surface area contributed by atoms with E-state index >= 15 is 0 Å². The SMILES string of the molecule is [B]C(CCCC)(C(=O)O)C1CCN(Cc2cccc3c2OCCC3)CC1. The summed E-state index contributed by atoms with van der Waals surface area (Å²) >= 11 is 0. The van der Waals surface area contributed by atoms with Crippen LogP contribution in [0.4, 0.5) is 0 Å². The van der Waals surface area contributed by atoms with E-state index in [0.717, 1.165) is 70.5 Å². The molecule has 140 valence electrons. The number of benzene rings is 1. The summed E-state index contributed by atoms with van der Waals surface area (Å²) in [6.07, 6.45) is 6.30. The van der Waals surface area contributed by atoms with Crippen molar-refractivity contribution < 1.29 is 14.6 Å². The van der Waals surface area contributed by atoms with E-state index in [1.807, 2.05) is 0 Å². The average Bonchev–Trinajstić information content (AvgIpc) is 2.67. The minimum Gasteiger partial charge on any atom is -0.493 e. The molecule has 5 heteroatoms. The number of carbonyl (C=O) groups is 1. The van der Waals surface area contributed by atoms with Crippen LogP contribution < -0.4 is 4.74 Å². The first-order valence-electron chi connectivity index (χ1n) is 10.0. The number of hydrogen-bond acceptors (Lipinski definition) is 3. The van der Waals surface area contributed by atoms with Gasteiger partial charge in [0.1, 0.15) is 5.75 Å². The maximum Gasteiger partial charge on any atom is 0.300 e. The number of carboxylic acids is 1. The van der Waals surface area contributed by atoms with Gasteiger partial charge in [0.25, 0.3) is 0 Å². The Bertz CT molecular complexity index is 628. The Morgan fingerprint density at radius 1 is 1.38 bits per heavy atom. The summed E-state index contributed by atoms with van der Waals surface area (Å²) in [7, 11) is 6.35. The molecule has 1 aromatic rings. The Kier molecular flexibility index (Phi) is 6.28. The van der Waals surface area contributed by atoms with E-state index in [0.29, 0.717) is 6.42 Å². The lowest BCUT2D eigenvalue weighted by Crippen LogP contribution is -2.41. The first-order chi connectivity index (χ1) is 12.5. The largest absolute Gasteiger partial charge is 0.493 e. The molecule has 0 aliphatic carbocycles. The quantitative estimate of drug-likeness (QED) is 0.756. The molecule has 1 saturated heterocycles. The van der Waals surface area contributed by atoms with Crippen LogP contribution in [0.3, 0.4) is 0 Å². The normalized spacial score (nSPS) is 20.8. The van der Waals surface area contributed by atoms with Crippen molar-refractivity contribution in [1.82, 2.24) is 4.90 Å².